The van der Waals surface area contributed by atoms with Crippen LogP contribution in [0.15, 0.2) is 83.4 Å². The monoisotopic (exact) mass is 572 g/mol. The highest BCUT2D eigenvalue weighted by Gasteiger charge is 2.52. The minimum absolute atomic E-state index is 0.127. The summed E-state index contributed by atoms with van der Waals surface area (Å²) in [6, 6.07) is 25.7. The van der Waals surface area contributed by atoms with Crippen molar-refractivity contribution in [3.63, 3.8) is 0 Å². The Kier molecular flexibility index (Phi) is 8.42. The van der Waals surface area contributed by atoms with Gasteiger partial charge in [-0.15, -0.1) is 0 Å². The van der Waals surface area contributed by atoms with Crippen molar-refractivity contribution in [1.29, 1.82) is 0 Å². The van der Waals surface area contributed by atoms with Crippen molar-refractivity contribution in [3.05, 3.63) is 101 Å². The fourth-order valence-electron chi connectivity index (χ4n) is 5.43. The average molecular weight is 573 g/mol. The van der Waals surface area contributed by atoms with Crippen molar-refractivity contribution in [3.8, 4) is 22.5 Å². The summed E-state index contributed by atoms with van der Waals surface area (Å²) in [7, 11) is -3.36. The number of hydrogen-bond acceptors (Lipinski definition) is 6. The van der Waals surface area contributed by atoms with E-state index >= 15 is 0 Å². The van der Waals surface area contributed by atoms with E-state index in [1.54, 1.807) is 0 Å². The number of hydrogen-bond donors (Lipinski definition) is 1. The molecular formula is C33H36N2O5S. The van der Waals surface area contributed by atoms with Gasteiger partial charge in [-0.25, -0.2) is 13.1 Å². The van der Waals surface area contributed by atoms with Gasteiger partial charge in [0.05, 0.1) is 24.0 Å². The second kappa shape index (κ2) is 12.0. The normalized spacial score (nSPS) is 14.9. The highest BCUT2D eigenvalue weighted by atomic mass is 32.2. The van der Waals surface area contributed by atoms with Gasteiger partial charge in [-0.1, -0.05) is 84.0 Å². The number of carbonyl (C=O) groups excluding carboxylic acids is 1. The third-order valence-corrected chi connectivity index (χ3v) is 8.51. The number of nitrogens with zero attached hydrogens (tertiary/aromatic N) is 1. The molecule has 0 bridgehead atoms. The van der Waals surface area contributed by atoms with Crippen LogP contribution in [0, 0.1) is 6.92 Å². The molecule has 8 heteroatoms. The maximum atomic E-state index is 12.4. The van der Waals surface area contributed by atoms with E-state index in [2.05, 4.69) is 34.1 Å². The quantitative estimate of drug-likeness (QED) is 0.194. The minimum Gasteiger partial charge on any atom is -0.465 e. The van der Waals surface area contributed by atoms with E-state index in [0.29, 0.717) is 19.4 Å². The largest absolute Gasteiger partial charge is 0.465 e. The number of sulfonamides is 1. The Labute approximate surface area is 242 Å². The van der Waals surface area contributed by atoms with Crippen molar-refractivity contribution in [1.82, 2.24) is 9.88 Å². The van der Waals surface area contributed by atoms with Crippen molar-refractivity contribution < 1.29 is 22.5 Å². The van der Waals surface area contributed by atoms with Gasteiger partial charge in [0.15, 0.2) is 5.76 Å². The zero-order valence-corrected chi connectivity index (χ0v) is 24.5. The lowest BCUT2D eigenvalue weighted by Crippen LogP contribution is -2.27. The molecule has 1 aromatic heterocycles. The van der Waals surface area contributed by atoms with Crippen LogP contribution in [0.3, 0.4) is 0 Å². The van der Waals surface area contributed by atoms with Crippen molar-refractivity contribution in [2.24, 2.45) is 0 Å². The van der Waals surface area contributed by atoms with Crippen molar-refractivity contribution in [2.75, 3.05) is 12.9 Å². The zero-order chi connectivity index (χ0) is 29.0. The molecule has 0 aliphatic heterocycles. The molecule has 214 valence electrons. The summed E-state index contributed by atoms with van der Waals surface area (Å²) in [6.45, 7) is 4.17. The molecule has 0 saturated heterocycles. The molecule has 41 heavy (non-hydrogen) atoms. The van der Waals surface area contributed by atoms with E-state index in [0.717, 1.165) is 64.1 Å². The molecule has 1 heterocycles. The molecule has 1 aliphatic carbocycles. The first-order valence-electron chi connectivity index (χ1n) is 14.1. The Morgan fingerprint density at radius 2 is 1.59 bits per heavy atom. The molecule has 1 aliphatic rings. The molecule has 0 radical (unpaired) electrons. The lowest BCUT2D eigenvalue weighted by Gasteiger charge is -2.18. The van der Waals surface area contributed by atoms with Crippen LogP contribution < -0.4 is 4.72 Å². The van der Waals surface area contributed by atoms with Crippen LogP contribution in [0.5, 0.6) is 0 Å². The summed E-state index contributed by atoms with van der Waals surface area (Å²) in [5.74, 6) is 0.611. The number of ether oxygens (including phenoxy) is 1. The molecule has 3 aromatic carbocycles. The topological polar surface area (TPSA) is 98.5 Å². The van der Waals surface area contributed by atoms with E-state index in [4.69, 9.17) is 9.26 Å². The highest BCUT2D eigenvalue weighted by Crippen LogP contribution is 2.49. The van der Waals surface area contributed by atoms with Gasteiger partial charge in [-0.05, 0) is 68.2 Å². The van der Waals surface area contributed by atoms with Gasteiger partial charge in [0.1, 0.15) is 0 Å². The van der Waals surface area contributed by atoms with Gasteiger partial charge in [-0.3, -0.25) is 4.79 Å². The maximum Gasteiger partial charge on any atom is 0.316 e. The molecule has 1 saturated carbocycles. The molecule has 4 aromatic rings. The van der Waals surface area contributed by atoms with E-state index in [1.807, 2.05) is 68.4 Å². The third kappa shape index (κ3) is 6.60. The molecule has 7 nitrogen and oxygen atoms in total. The van der Waals surface area contributed by atoms with Crippen molar-refractivity contribution >= 4 is 16.0 Å². The van der Waals surface area contributed by atoms with Gasteiger partial charge in [0.25, 0.3) is 0 Å². The van der Waals surface area contributed by atoms with Gasteiger partial charge >= 0.3 is 5.97 Å². The summed E-state index contributed by atoms with van der Waals surface area (Å²) in [5.41, 5.74) is 6.42. The maximum absolute atomic E-state index is 12.4. The Hall–Kier alpha value is -3.75. The van der Waals surface area contributed by atoms with Gasteiger partial charge in [-0.2, -0.15) is 0 Å². The number of rotatable bonds is 12. The van der Waals surface area contributed by atoms with Crippen LogP contribution in [-0.2, 0) is 31.4 Å². The van der Waals surface area contributed by atoms with E-state index in [9.17, 15) is 13.2 Å². The number of esters is 1. The Bertz CT molecular complexity index is 1590. The minimum atomic E-state index is -3.36. The molecule has 1 atom stereocenters. The van der Waals surface area contributed by atoms with Crippen LogP contribution >= 0.6 is 0 Å². The number of aryl methyl sites for hydroxylation is 1. The summed E-state index contributed by atoms with van der Waals surface area (Å²) >= 11 is 0. The van der Waals surface area contributed by atoms with Crippen LogP contribution in [0.2, 0.25) is 0 Å². The van der Waals surface area contributed by atoms with Gasteiger partial charge in [0.2, 0.25) is 10.0 Å². The van der Waals surface area contributed by atoms with E-state index in [-0.39, 0.29) is 12.0 Å². The highest BCUT2D eigenvalue weighted by molar-refractivity contribution is 7.88. The Morgan fingerprint density at radius 1 is 0.976 bits per heavy atom. The van der Waals surface area contributed by atoms with E-state index < -0.39 is 15.4 Å². The fourth-order valence-corrected chi connectivity index (χ4v) is 6.20. The molecule has 0 spiro atoms. The molecule has 0 amide bonds. The average Bonchev–Trinajstić information content (AvgIpc) is 3.71. The first-order valence-corrected chi connectivity index (χ1v) is 16.0. The predicted octanol–water partition coefficient (Wildman–Crippen LogP) is 6.52. The van der Waals surface area contributed by atoms with Crippen LogP contribution in [0.25, 0.3) is 22.5 Å². The first kappa shape index (κ1) is 28.8. The fraction of sp³-hybridized carbons (Fsp3) is 0.333. The van der Waals surface area contributed by atoms with Crippen molar-refractivity contribution in [2.45, 2.75) is 57.4 Å². The third-order valence-electron chi connectivity index (χ3n) is 7.80. The number of carbonyl (C=O) groups is 1. The predicted molar refractivity (Wildman–Crippen MR) is 160 cm³/mol. The van der Waals surface area contributed by atoms with Crippen LogP contribution in [-0.4, -0.2) is 32.4 Å². The molecule has 1 unspecified atom stereocenters. The summed E-state index contributed by atoms with van der Waals surface area (Å²) < 4.78 is 37.8. The second-order valence-corrected chi connectivity index (χ2v) is 12.6. The van der Waals surface area contributed by atoms with Gasteiger partial charge in [0, 0.05) is 17.2 Å². The molecule has 5 rings (SSSR count). The molecule has 1 fully saturated rings. The number of aromatic nitrogens is 1. The standard InChI is InChI=1S/C33H36N2O5S/c1-4-39-32(36)33(21-22-33)28-19-17-25(18-20-28)24-13-15-27(16-14-24)31-29(23(2)34-40-31)11-8-12-30(35-41(3,37)38)26-9-6-5-7-10-26/h5-7,9-10,13-20,30,35H,4,8,11-12,21-22H2,1-3H3. The SMILES string of the molecule is CCOC(=O)C1(c2ccc(-c3ccc(-c4onc(C)c4CCCC(NS(C)(=O)=O)c4ccccc4)cc3)cc2)CC1. The second-order valence-electron chi connectivity index (χ2n) is 10.8. The molecular weight excluding hydrogens is 536 g/mol. The summed E-state index contributed by atoms with van der Waals surface area (Å²) in [4.78, 5) is 12.4. The van der Waals surface area contributed by atoms with Crippen LogP contribution in [0.4, 0.5) is 0 Å². The summed E-state index contributed by atoms with van der Waals surface area (Å²) in [6.07, 6.45) is 4.98. The molecule has 1 N–H and O–H groups in total. The zero-order valence-electron chi connectivity index (χ0n) is 23.7. The lowest BCUT2D eigenvalue weighted by molar-refractivity contribution is -0.146. The van der Waals surface area contributed by atoms with E-state index in [1.165, 1.54) is 6.26 Å². The number of benzene rings is 3. The first-order chi connectivity index (χ1) is 19.7. The van der Waals surface area contributed by atoms with Crippen LogP contribution in [0.1, 0.15) is 61.0 Å². The van der Waals surface area contributed by atoms with Gasteiger partial charge < -0.3 is 9.26 Å². The summed E-state index contributed by atoms with van der Waals surface area (Å²) in [5, 5.41) is 4.23. The Balaban J connectivity index is 1.27. The number of nitrogens with one attached hydrogen (secondary N) is 1. The smallest absolute Gasteiger partial charge is 0.316 e. The lowest BCUT2D eigenvalue weighted by atomic mass is 9.93. The Morgan fingerprint density at radius 3 is 2.17 bits per heavy atom.